The summed E-state index contributed by atoms with van der Waals surface area (Å²) in [5.41, 5.74) is 3.65. The molecule has 3 aliphatic heterocycles. The molecule has 0 spiro atoms. The summed E-state index contributed by atoms with van der Waals surface area (Å²) in [4.78, 5) is 61.9. The molecule has 4 aromatic rings. The van der Waals surface area contributed by atoms with Crippen molar-refractivity contribution in [3.8, 4) is 0 Å². The minimum absolute atomic E-state index is 0.0563. The van der Waals surface area contributed by atoms with Gasteiger partial charge in [0.25, 0.3) is 11.5 Å². The van der Waals surface area contributed by atoms with Crippen LogP contribution in [-0.2, 0) is 11.3 Å². The molecule has 1 N–H and O–H groups in total. The molecule has 0 bridgehead atoms. The number of amides is 2. The van der Waals surface area contributed by atoms with Crippen molar-refractivity contribution in [3.63, 3.8) is 0 Å². The molecule has 48 heavy (non-hydrogen) atoms. The molecule has 7 rings (SSSR count). The molecule has 1 saturated heterocycles. The van der Waals surface area contributed by atoms with Gasteiger partial charge in [0.15, 0.2) is 5.70 Å². The quantitative estimate of drug-likeness (QED) is 0.321. The van der Waals surface area contributed by atoms with Gasteiger partial charge in [-0.1, -0.05) is 12.1 Å². The van der Waals surface area contributed by atoms with Crippen LogP contribution >= 0.6 is 0 Å². The van der Waals surface area contributed by atoms with E-state index in [0.29, 0.717) is 76.7 Å². The lowest BCUT2D eigenvalue weighted by molar-refractivity contribution is -0.362. The lowest BCUT2D eigenvalue weighted by atomic mass is 9.90. The van der Waals surface area contributed by atoms with Crippen molar-refractivity contribution in [2.45, 2.75) is 40.2 Å². The van der Waals surface area contributed by atoms with Crippen LogP contribution in [0.5, 0.6) is 0 Å². The summed E-state index contributed by atoms with van der Waals surface area (Å²) in [5.74, 6) is -0.361. The molecule has 0 radical (unpaired) electrons. The smallest absolute Gasteiger partial charge is 0.394 e. The number of H-pyrrole nitrogens is 1. The molecule has 1 aromatic carbocycles. The summed E-state index contributed by atoms with van der Waals surface area (Å²) in [5, 5.41) is 0.374. The van der Waals surface area contributed by atoms with Crippen molar-refractivity contribution >= 4 is 41.5 Å². The number of allylic oxidation sites excluding steroid dienone is 2. The number of carbonyl (C=O) groups excluding carboxylic acids is 2. The van der Waals surface area contributed by atoms with Crippen LogP contribution in [-0.4, -0.2) is 84.0 Å². The minimum Gasteiger partial charge on any atom is -0.394 e. The van der Waals surface area contributed by atoms with Crippen LogP contribution in [0.15, 0.2) is 70.0 Å². The Morgan fingerprint density at radius 1 is 0.979 bits per heavy atom. The summed E-state index contributed by atoms with van der Waals surface area (Å²) in [6, 6.07) is 10.2. The van der Waals surface area contributed by atoms with Gasteiger partial charge in [-0.05, 0) is 61.9 Å². The lowest BCUT2D eigenvalue weighted by Crippen LogP contribution is -2.51. The van der Waals surface area contributed by atoms with Crippen molar-refractivity contribution in [2.75, 3.05) is 26.2 Å². The topological polar surface area (TPSA) is 116 Å². The second kappa shape index (κ2) is 11.7. The zero-order valence-corrected chi connectivity index (χ0v) is 26.9. The Morgan fingerprint density at radius 2 is 1.71 bits per heavy atom. The standard InChI is InChI=1S/C34H34BF2N7O4/c1-21-16-23(3)43-30(21)18-26-9-8-25(44(26)35(43,36)37)10-11-31(45)40-12-14-41(15-13-40)33(47)28-17-24(38-19-22(28)2)20-42-29-7-5-4-6-27(29)32(46)39-34(42)48/h4-9,16-19H,10-15,20H2,1-3H3,(H,39,46,48). The molecule has 11 nitrogen and oxygen atoms in total. The fraction of sp³-hybridized carbons (Fsp3) is 0.294. The average Bonchev–Trinajstić information content (AvgIpc) is 3.62. The Kier molecular flexibility index (Phi) is 7.60. The number of halogens is 2. The van der Waals surface area contributed by atoms with E-state index in [0.717, 1.165) is 14.5 Å². The Balaban J connectivity index is 1.01. The second-order valence-corrected chi connectivity index (χ2v) is 12.6. The Bertz CT molecular complexity index is 2240. The predicted octanol–water partition coefficient (Wildman–Crippen LogP) is 3.23. The van der Waals surface area contributed by atoms with Gasteiger partial charge < -0.3 is 27.4 Å². The summed E-state index contributed by atoms with van der Waals surface area (Å²) in [7, 11) is 0. The predicted molar refractivity (Wildman–Crippen MR) is 178 cm³/mol. The van der Waals surface area contributed by atoms with Crippen LogP contribution in [0.2, 0.25) is 0 Å². The van der Waals surface area contributed by atoms with Crippen LogP contribution in [0.3, 0.4) is 0 Å². The number of hydrogen-bond acceptors (Lipinski definition) is 5. The molecule has 0 saturated carbocycles. The molecule has 2 amide bonds. The van der Waals surface area contributed by atoms with E-state index in [1.165, 1.54) is 4.57 Å². The minimum atomic E-state index is -4.09. The number of piperazine rings is 1. The van der Waals surface area contributed by atoms with Crippen molar-refractivity contribution in [2.24, 2.45) is 0 Å². The summed E-state index contributed by atoms with van der Waals surface area (Å²) >= 11 is 0. The van der Waals surface area contributed by atoms with E-state index >= 15 is 8.63 Å². The largest absolute Gasteiger partial charge is 0.737 e. The van der Waals surface area contributed by atoms with Crippen molar-refractivity contribution in [3.05, 3.63) is 115 Å². The third-order valence-corrected chi connectivity index (χ3v) is 9.54. The van der Waals surface area contributed by atoms with Crippen LogP contribution in [0.25, 0.3) is 17.0 Å². The normalized spacial score (nSPS) is 16.7. The van der Waals surface area contributed by atoms with Gasteiger partial charge in [0.1, 0.15) is 5.71 Å². The number of hydrogen-bond donors (Lipinski definition) is 1. The number of nitrogens with one attached hydrogen (secondary N) is 1. The van der Waals surface area contributed by atoms with Crippen LogP contribution in [0.1, 0.15) is 51.4 Å². The maximum atomic E-state index is 15.8. The maximum absolute atomic E-state index is 15.8. The van der Waals surface area contributed by atoms with Crippen LogP contribution in [0.4, 0.5) is 8.63 Å². The summed E-state index contributed by atoms with van der Waals surface area (Å²) < 4.78 is 35.1. The Morgan fingerprint density at radius 3 is 2.48 bits per heavy atom. The molecule has 3 aromatic heterocycles. The van der Waals surface area contributed by atoms with Gasteiger partial charge in [-0.25, -0.2) is 4.79 Å². The molecule has 6 heterocycles. The van der Waals surface area contributed by atoms with E-state index in [1.807, 2.05) is 6.92 Å². The number of aryl methyl sites for hydroxylation is 3. The van der Waals surface area contributed by atoms with Gasteiger partial charge in [-0.15, -0.1) is 0 Å². The number of pyridine rings is 1. The Labute approximate surface area is 274 Å². The molecule has 1 fully saturated rings. The second-order valence-electron chi connectivity index (χ2n) is 12.6. The number of para-hydroxylation sites is 1. The molecule has 0 atom stereocenters. The summed E-state index contributed by atoms with van der Waals surface area (Å²) in [6.07, 6.45) is 6.95. The van der Waals surface area contributed by atoms with Gasteiger partial charge >= 0.3 is 12.7 Å². The van der Waals surface area contributed by atoms with E-state index in [4.69, 9.17) is 0 Å². The average molecular weight is 653 g/mol. The fourth-order valence-electron chi connectivity index (χ4n) is 7.06. The first kappa shape index (κ1) is 31.2. The number of aromatic amines is 1. The number of aromatic nitrogens is 4. The molecular weight excluding hydrogens is 619 g/mol. The van der Waals surface area contributed by atoms with E-state index in [9.17, 15) is 19.2 Å². The highest BCUT2D eigenvalue weighted by Crippen LogP contribution is 2.34. The zero-order chi connectivity index (χ0) is 33.9. The van der Waals surface area contributed by atoms with Gasteiger partial charge in [-0.2, -0.15) is 0 Å². The van der Waals surface area contributed by atoms with E-state index < -0.39 is 18.2 Å². The molecule has 0 aliphatic carbocycles. The fourth-order valence-corrected chi connectivity index (χ4v) is 7.06. The van der Waals surface area contributed by atoms with Gasteiger partial charge in [0.05, 0.1) is 23.1 Å². The van der Waals surface area contributed by atoms with E-state index in [2.05, 4.69) is 9.97 Å². The first-order valence-corrected chi connectivity index (χ1v) is 15.9. The zero-order valence-electron chi connectivity index (χ0n) is 26.9. The van der Waals surface area contributed by atoms with E-state index in [-0.39, 0.29) is 31.2 Å². The monoisotopic (exact) mass is 653 g/mol. The number of nitrogens with zero attached hydrogens (tertiary/aromatic N) is 6. The number of benzene rings is 1. The highest BCUT2D eigenvalue weighted by Gasteiger charge is 2.52. The highest BCUT2D eigenvalue weighted by atomic mass is 19.2. The van der Waals surface area contributed by atoms with Crippen molar-refractivity contribution in [1.82, 2.24) is 28.8 Å². The third kappa shape index (κ3) is 5.21. The number of carbonyl (C=O) groups is 2. The third-order valence-electron chi connectivity index (χ3n) is 9.54. The SMILES string of the molecule is Cc1cnc(Cn2c(=O)[nH]c(=O)c3ccccc32)cc1C(=O)N1CCN(C(=O)CCC2=[N+]3C(=Cc4c(C)cc(C)n4[B-]3(F)F)C=C2)CC1. The first-order chi connectivity index (χ1) is 22.9. The van der Waals surface area contributed by atoms with Gasteiger partial charge in [-0.3, -0.25) is 28.9 Å². The lowest BCUT2D eigenvalue weighted by Gasteiger charge is -2.35. The molecule has 246 valence electrons. The summed E-state index contributed by atoms with van der Waals surface area (Å²) in [6.45, 7) is 2.54. The first-order valence-electron chi connectivity index (χ1n) is 15.9. The van der Waals surface area contributed by atoms with Gasteiger partial charge in [0, 0.05) is 74.7 Å². The maximum Gasteiger partial charge on any atom is 0.737 e. The van der Waals surface area contributed by atoms with Crippen molar-refractivity contribution in [1.29, 1.82) is 0 Å². The van der Waals surface area contributed by atoms with Crippen LogP contribution in [0, 0.1) is 20.8 Å². The molecule has 14 heteroatoms. The van der Waals surface area contributed by atoms with Crippen LogP contribution < -0.4 is 11.2 Å². The number of rotatable bonds is 6. The molecule has 0 unspecified atom stereocenters. The molecule has 3 aliphatic rings. The van der Waals surface area contributed by atoms with Gasteiger partial charge in [0.2, 0.25) is 5.91 Å². The highest BCUT2D eigenvalue weighted by molar-refractivity contribution is 6.58. The molecular formula is C34H34BF2N7O4. The Hall–Kier alpha value is -5.40. The number of fused-ring (bicyclic) bond motifs is 3. The van der Waals surface area contributed by atoms with E-state index in [1.54, 1.807) is 84.5 Å². The van der Waals surface area contributed by atoms with Crippen molar-refractivity contribution < 1.29 is 22.7 Å².